The van der Waals surface area contributed by atoms with E-state index in [9.17, 15) is 4.79 Å². The van der Waals surface area contributed by atoms with Gasteiger partial charge in [0.05, 0.1) is 10.8 Å². The number of rotatable bonds is 2. The van der Waals surface area contributed by atoms with Crippen LogP contribution in [0.25, 0.3) is 0 Å². The van der Waals surface area contributed by atoms with Crippen molar-refractivity contribution in [2.45, 2.75) is 24.6 Å². The van der Waals surface area contributed by atoms with Gasteiger partial charge in [-0.3, -0.25) is 4.79 Å². The molecule has 21 heavy (non-hydrogen) atoms. The molecule has 0 spiro atoms. The predicted molar refractivity (Wildman–Crippen MR) is 89.9 cm³/mol. The van der Waals surface area contributed by atoms with Gasteiger partial charge >= 0.3 is 0 Å². The Bertz CT molecular complexity index is 726. The van der Waals surface area contributed by atoms with Gasteiger partial charge < -0.3 is 5.32 Å². The smallest absolute Gasteiger partial charge is 0.234 e. The summed E-state index contributed by atoms with van der Waals surface area (Å²) in [5.41, 5.74) is 3.40. The van der Waals surface area contributed by atoms with Crippen LogP contribution in [0.2, 0.25) is 0 Å². The summed E-state index contributed by atoms with van der Waals surface area (Å²) in [5.74, 6) is 0.0308. The summed E-state index contributed by atoms with van der Waals surface area (Å²) in [6.45, 7) is 3.86. The van der Waals surface area contributed by atoms with Crippen LogP contribution in [0, 0.1) is 0 Å². The zero-order chi connectivity index (χ0) is 15.2. The summed E-state index contributed by atoms with van der Waals surface area (Å²) in [6, 6.07) is 13.9. The van der Waals surface area contributed by atoms with Crippen LogP contribution in [-0.2, 0) is 10.2 Å². The molecule has 0 saturated carbocycles. The number of carbonyl (C=O) groups excluding carboxylic acids is 1. The fourth-order valence-corrected chi connectivity index (χ4v) is 3.29. The molecule has 2 aromatic rings. The van der Waals surface area contributed by atoms with Crippen molar-refractivity contribution >= 4 is 39.1 Å². The third-order valence-corrected chi connectivity index (χ3v) is 4.96. The van der Waals surface area contributed by atoms with Crippen molar-refractivity contribution in [3.8, 4) is 0 Å². The standard InChI is InChI=1S/C17H15BrClNO/c1-17(2)13-9-11(6-7-14(13)20-16(17)21)15(19)10-4-3-5-12(18)8-10/h3-9,15H,1-2H3,(H,20,21). The molecule has 0 saturated heterocycles. The molecule has 0 aliphatic carbocycles. The number of amides is 1. The van der Waals surface area contributed by atoms with E-state index in [0.29, 0.717) is 0 Å². The van der Waals surface area contributed by atoms with Crippen LogP contribution in [-0.4, -0.2) is 5.91 Å². The molecule has 0 fully saturated rings. The van der Waals surface area contributed by atoms with Crippen LogP contribution in [0.5, 0.6) is 0 Å². The molecule has 1 aliphatic heterocycles. The number of fused-ring (bicyclic) bond motifs is 1. The first-order valence-corrected chi connectivity index (χ1v) is 7.98. The van der Waals surface area contributed by atoms with Crippen LogP contribution in [0.1, 0.15) is 35.9 Å². The Labute approximate surface area is 137 Å². The molecule has 1 heterocycles. The minimum Gasteiger partial charge on any atom is -0.325 e. The second-order valence-electron chi connectivity index (χ2n) is 5.80. The first kappa shape index (κ1) is 14.6. The Balaban J connectivity index is 2.02. The fourth-order valence-electron chi connectivity index (χ4n) is 2.60. The number of halogens is 2. The SMILES string of the molecule is CC1(C)C(=O)Nc2ccc(C(Cl)c3cccc(Br)c3)cc21. The van der Waals surface area contributed by atoms with Crippen molar-refractivity contribution in [3.05, 3.63) is 63.6 Å². The molecule has 108 valence electrons. The minimum atomic E-state index is -0.515. The fraction of sp³-hybridized carbons (Fsp3) is 0.235. The van der Waals surface area contributed by atoms with E-state index in [2.05, 4.69) is 21.2 Å². The van der Waals surface area contributed by atoms with Crippen LogP contribution in [0.15, 0.2) is 46.9 Å². The average molecular weight is 365 g/mol. The van der Waals surface area contributed by atoms with E-state index in [1.54, 1.807) is 0 Å². The average Bonchev–Trinajstić information content (AvgIpc) is 2.68. The first-order chi connectivity index (χ1) is 9.89. The monoisotopic (exact) mass is 363 g/mol. The Hall–Kier alpha value is -1.32. The highest BCUT2D eigenvalue weighted by Gasteiger charge is 2.38. The van der Waals surface area contributed by atoms with Gasteiger partial charge in [0.25, 0.3) is 0 Å². The van der Waals surface area contributed by atoms with Crippen LogP contribution >= 0.6 is 27.5 Å². The number of hydrogen-bond acceptors (Lipinski definition) is 1. The highest BCUT2D eigenvalue weighted by atomic mass is 79.9. The van der Waals surface area contributed by atoms with Crippen molar-refractivity contribution in [2.75, 3.05) is 5.32 Å². The molecular weight excluding hydrogens is 350 g/mol. The molecule has 0 aromatic heterocycles. The highest BCUT2D eigenvalue weighted by molar-refractivity contribution is 9.10. The van der Waals surface area contributed by atoms with Gasteiger partial charge in [-0.2, -0.15) is 0 Å². The molecule has 0 bridgehead atoms. The highest BCUT2D eigenvalue weighted by Crippen LogP contribution is 2.40. The Kier molecular flexibility index (Phi) is 3.58. The van der Waals surface area contributed by atoms with Gasteiger partial charge in [-0.1, -0.05) is 40.2 Å². The first-order valence-electron chi connectivity index (χ1n) is 6.75. The van der Waals surface area contributed by atoms with Crippen molar-refractivity contribution in [1.82, 2.24) is 0 Å². The Morgan fingerprint density at radius 2 is 1.86 bits per heavy atom. The van der Waals surface area contributed by atoms with Crippen LogP contribution in [0.4, 0.5) is 5.69 Å². The van der Waals surface area contributed by atoms with Crippen molar-refractivity contribution in [1.29, 1.82) is 0 Å². The summed E-state index contributed by atoms with van der Waals surface area (Å²) in [6.07, 6.45) is 0. The second-order valence-corrected chi connectivity index (χ2v) is 7.15. The lowest BCUT2D eigenvalue weighted by molar-refractivity contribution is -0.119. The molecule has 1 aliphatic rings. The molecule has 4 heteroatoms. The summed E-state index contributed by atoms with van der Waals surface area (Å²) >= 11 is 10.1. The third kappa shape index (κ3) is 2.49. The van der Waals surface area contributed by atoms with Crippen molar-refractivity contribution in [2.24, 2.45) is 0 Å². The van der Waals surface area contributed by atoms with Crippen LogP contribution in [0.3, 0.4) is 0 Å². The molecule has 2 aromatic carbocycles. The number of benzene rings is 2. The zero-order valence-corrected chi connectivity index (χ0v) is 14.1. The molecule has 2 nitrogen and oxygen atoms in total. The van der Waals surface area contributed by atoms with Gasteiger partial charge in [-0.05, 0) is 48.7 Å². The lowest BCUT2D eigenvalue weighted by Gasteiger charge is -2.17. The number of alkyl halides is 1. The molecule has 1 unspecified atom stereocenters. The molecular formula is C17H15BrClNO. The van der Waals surface area contributed by atoms with Crippen molar-refractivity contribution < 1.29 is 4.79 Å². The maximum absolute atomic E-state index is 12.0. The summed E-state index contributed by atoms with van der Waals surface area (Å²) in [7, 11) is 0. The van der Waals surface area contributed by atoms with E-state index in [4.69, 9.17) is 11.6 Å². The summed E-state index contributed by atoms with van der Waals surface area (Å²) < 4.78 is 1.00. The second kappa shape index (κ2) is 5.15. The van der Waals surface area contributed by atoms with E-state index in [-0.39, 0.29) is 11.3 Å². The zero-order valence-electron chi connectivity index (χ0n) is 11.8. The minimum absolute atomic E-state index is 0.0308. The summed E-state index contributed by atoms with van der Waals surface area (Å²) in [5, 5.41) is 2.68. The van der Waals surface area contributed by atoms with E-state index in [1.165, 1.54) is 0 Å². The normalized spacial score (nSPS) is 17.2. The Morgan fingerprint density at radius 1 is 1.14 bits per heavy atom. The molecule has 1 N–H and O–H groups in total. The quantitative estimate of drug-likeness (QED) is 0.746. The van der Waals surface area contributed by atoms with Gasteiger partial charge in [0.1, 0.15) is 0 Å². The number of hydrogen-bond donors (Lipinski definition) is 1. The van der Waals surface area contributed by atoms with Crippen molar-refractivity contribution in [3.63, 3.8) is 0 Å². The van der Waals surface area contributed by atoms with E-state index < -0.39 is 5.41 Å². The van der Waals surface area contributed by atoms with E-state index in [1.807, 2.05) is 56.3 Å². The van der Waals surface area contributed by atoms with Gasteiger partial charge in [0.15, 0.2) is 0 Å². The van der Waals surface area contributed by atoms with E-state index in [0.717, 1.165) is 26.9 Å². The summed E-state index contributed by atoms with van der Waals surface area (Å²) in [4.78, 5) is 12.0. The third-order valence-electron chi connectivity index (χ3n) is 3.97. The van der Waals surface area contributed by atoms with E-state index >= 15 is 0 Å². The molecule has 1 amide bonds. The number of nitrogens with one attached hydrogen (secondary N) is 1. The molecule has 0 radical (unpaired) electrons. The predicted octanol–water partition coefficient (Wildman–Crippen LogP) is 5.01. The van der Waals surface area contributed by atoms with Gasteiger partial charge in [-0.25, -0.2) is 0 Å². The van der Waals surface area contributed by atoms with Gasteiger partial charge in [0, 0.05) is 10.2 Å². The number of carbonyl (C=O) groups is 1. The number of anilines is 1. The topological polar surface area (TPSA) is 29.1 Å². The lowest BCUT2D eigenvalue weighted by atomic mass is 9.85. The Morgan fingerprint density at radius 3 is 2.57 bits per heavy atom. The molecule has 3 rings (SSSR count). The van der Waals surface area contributed by atoms with Crippen LogP contribution < -0.4 is 5.32 Å². The molecule has 1 atom stereocenters. The van der Waals surface area contributed by atoms with Gasteiger partial charge in [0.2, 0.25) is 5.91 Å². The lowest BCUT2D eigenvalue weighted by Crippen LogP contribution is -2.26. The maximum atomic E-state index is 12.0. The largest absolute Gasteiger partial charge is 0.325 e. The maximum Gasteiger partial charge on any atom is 0.234 e. The van der Waals surface area contributed by atoms with Gasteiger partial charge in [-0.15, -0.1) is 11.6 Å².